The molecule has 20 heavy (non-hydrogen) atoms. The summed E-state index contributed by atoms with van der Waals surface area (Å²) in [6, 6.07) is 4.69. The van der Waals surface area contributed by atoms with Crippen LogP contribution < -0.4 is 5.73 Å². The molecule has 1 aliphatic carbocycles. The van der Waals surface area contributed by atoms with Crippen molar-refractivity contribution in [2.75, 3.05) is 12.3 Å². The van der Waals surface area contributed by atoms with E-state index in [0.29, 0.717) is 18.2 Å². The molecule has 2 rings (SSSR count). The molecule has 6 heteroatoms. The van der Waals surface area contributed by atoms with E-state index in [2.05, 4.69) is 13.8 Å². The Bertz CT molecular complexity index is 583. The normalized spacial score (nSPS) is 16.1. The van der Waals surface area contributed by atoms with Crippen molar-refractivity contribution < 1.29 is 8.42 Å². The summed E-state index contributed by atoms with van der Waals surface area (Å²) < 4.78 is 27.1. The Labute approximate surface area is 126 Å². The van der Waals surface area contributed by atoms with E-state index in [9.17, 15) is 8.42 Å². The predicted molar refractivity (Wildman–Crippen MR) is 82.2 cm³/mol. The summed E-state index contributed by atoms with van der Waals surface area (Å²) in [5.41, 5.74) is 6.09. The Morgan fingerprint density at radius 1 is 1.40 bits per heavy atom. The molecular weight excluding hydrogens is 296 g/mol. The van der Waals surface area contributed by atoms with Gasteiger partial charge in [-0.3, -0.25) is 0 Å². The van der Waals surface area contributed by atoms with Crippen LogP contribution >= 0.6 is 11.6 Å². The second-order valence-electron chi connectivity index (χ2n) is 5.72. The van der Waals surface area contributed by atoms with Gasteiger partial charge in [0.2, 0.25) is 10.0 Å². The molecule has 1 aliphatic rings. The highest BCUT2D eigenvalue weighted by molar-refractivity contribution is 7.89. The smallest absolute Gasteiger partial charge is 0.244 e. The standard InChI is InChI=1S/C14H21ClN2O2S/c1-10(2)7-8-17(12-4-5-12)20(18,19)14-6-3-11(16)9-13(14)15/h3,6,9-10,12H,4-5,7-8,16H2,1-2H3. The molecule has 0 aliphatic heterocycles. The number of sulfonamides is 1. The van der Waals surface area contributed by atoms with Crippen molar-refractivity contribution in [3.05, 3.63) is 23.2 Å². The van der Waals surface area contributed by atoms with Gasteiger partial charge in [-0.05, 0) is 43.4 Å². The van der Waals surface area contributed by atoms with Gasteiger partial charge in [0.25, 0.3) is 0 Å². The minimum Gasteiger partial charge on any atom is -0.399 e. The van der Waals surface area contributed by atoms with Crippen LogP contribution in [0.1, 0.15) is 33.1 Å². The van der Waals surface area contributed by atoms with Crippen LogP contribution in [0.15, 0.2) is 23.1 Å². The van der Waals surface area contributed by atoms with E-state index < -0.39 is 10.0 Å². The van der Waals surface area contributed by atoms with Crippen LogP contribution in [0.25, 0.3) is 0 Å². The van der Waals surface area contributed by atoms with Gasteiger partial charge in [0.05, 0.1) is 5.02 Å². The first-order chi connectivity index (χ1) is 9.32. The van der Waals surface area contributed by atoms with Crippen LogP contribution in [0, 0.1) is 5.92 Å². The van der Waals surface area contributed by atoms with Crippen molar-refractivity contribution in [3.63, 3.8) is 0 Å². The molecule has 0 heterocycles. The van der Waals surface area contributed by atoms with Gasteiger partial charge < -0.3 is 5.73 Å². The molecule has 1 aromatic carbocycles. The van der Waals surface area contributed by atoms with E-state index in [4.69, 9.17) is 17.3 Å². The van der Waals surface area contributed by atoms with Gasteiger partial charge in [0.15, 0.2) is 0 Å². The SMILES string of the molecule is CC(C)CCN(C1CC1)S(=O)(=O)c1ccc(N)cc1Cl. The number of rotatable bonds is 6. The van der Waals surface area contributed by atoms with Crippen molar-refractivity contribution in [1.29, 1.82) is 0 Å². The number of anilines is 1. The van der Waals surface area contributed by atoms with E-state index in [1.165, 1.54) is 12.1 Å². The zero-order chi connectivity index (χ0) is 14.9. The lowest BCUT2D eigenvalue weighted by Crippen LogP contribution is -2.34. The maximum absolute atomic E-state index is 12.8. The molecule has 0 amide bonds. The largest absolute Gasteiger partial charge is 0.399 e. The van der Waals surface area contributed by atoms with Gasteiger partial charge in [-0.25, -0.2) is 8.42 Å². The predicted octanol–water partition coefficient (Wildman–Crippen LogP) is 3.12. The molecule has 4 nitrogen and oxygen atoms in total. The van der Waals surface area contributed by atoms with Crippen LogP contribution in [0.3, 0.4) is 0 Å². The minimum atomic E-state index is -3.54. The molecular formula is C14H21ClN2O2S. The first-order valence-corrected chi connectivity index (χ1v) is 8.71. The first-order valence-electron chi connectivity index (χ1n) is 6.89. The van der Waals surface area contributed by atoms with E-state index in [1.54, 1.807) is 10.4 Å². The van der Waals surface area contributed by atoms with Crippen molar-refractivity contribution >= 4 is 27.3 Å². The molecule has 1 aromatic rings. The minimum absolute atomic E-state index is 0.132. The van der Waals surface area contributed by atoms with Gasteiger partial charge in [0, 0.05) is 18.3 Å². The maximum Gasteiger partial charge on any atom is 0.244 e. The summed E-state index contributed by atoms with van der Waals surface area (Å²) in [4.78, 5) is 0.157. The maximum atomic E-state index is 12.8. The molecule has 2 N–H and O–H groups in total. The molecule has 1 saturated carbocycles. The van der Waals surface area contributed by atoms with Gasteiger partial charge in [-0.1, -0.05) is 25.4 Å². The van der Waals surface area contributed by atoms with E-state index >= 15 is 0 Å². The molecule has 0 aromatic heterocycles. The van der Waals surface area contributed by atoms with Crippen LogP contribution in [-0.2, 0) is 10.0 Å². The fourth-order valence-corrected chi connectivity index (χ4v) is 4.33. The second kappa shape index (κ2) is 5.92. The highest BCUT2D eigenvalue weighted by Crippen LogP contribution is 2.35. The third kappa shape index (κ3) is 3.45. The Hall–Kier alpha value is -0.780. The third-order valence-electron chi connectivity index (χ3n) is 3.42. The lowest BCUT2D eigenvalue weighted by atomic mass is 10.1. The number of hydrogen-bond donors (Lipinski definition) is 1. The van der Waals surface area contributed by atoms with Crippen molar-refractivity contribution in [2.24, 2.45) is 5.92 Å². The van der Waals surface area contributed by atoms with Crippen molar-refractivity contribution in [3.8, 4) is 0 Å². The number of nitrogen functional groups attached to an aromatic ring is 1. The summed E-state index contributed by atoms with van der Waals surface area (Å²) >= 11 is 6.06. The summed E-state index contributed by atoms with van der Waals surface area (Å²) in [6.07, 6.45) is 2.72. The zero-order valence-electron chi connectivity index (χ0n) is 11.8. The van der Waals surface area contributed by atoms with Gasteiger partial charge >= 0.3 is 0 Å². The van der Waals surface area contributed by atoms with Gasteiger partial charge in [-0.15, -0.1) is 0 Å². The molecule has 0 saturated heterocycles. The number of nitrogens with two attached hydrogens (primary N) is 1. The molecule has 0 atom stereocenters. The fourth-order valence-electron chi connectivity index (χ4n) is 2.10. The molecule has 0 radical (unpaired) electrons. The van der Waals surface area contributed by atoms with Crippen LogP contribution in [0.2, 0.25) is 5.02 Å². The van der Waals surface area contributed by atoms with Crippen LogP contribution in [0.5, 0.6) is 0 Å². The monoisotopic (exact) mass is 316 g/mol. The second-order valence-corrected chi connectivity index (χ2v) is 7.99. The van der Waals surface area contributed by atoms with E-state index in [0.717, 1.165) is 19.3 Å². The van der Waals surface area contributed by atoms with Crippen LogP contribution in [0.4, 0.5) is 5.69 Å². The average Bonchev–Trinajstić information content (AvgIpc) is 3.12. The molecule has 1 fully saturated rings. The number of halogens is 1. The summed E-state index contributed by atoms with van der Waals surface area (Å²) in [5, 5.41) is 0.195. The topological polar surface area (TPSA) is 63.4 Å². The molecule has 112 valence electrons. The number of nitrogens with zero attached hydrogens (tertiary/aromatic N) is 1. The highest BCUT2D eigenvalue weighted by atomic mass is 35.5. The van der Waals surface area contributed by atoms with Gasteiger partial charge in [-0.2, -0.15) is 4.31 Å². The summed E-state index contributed by atoms with van der Waals surface area (Å²) in [5.74, 6) is 0.466. The number of benzene rings is 1. The average molecular weight is 317 g/mol. The fraction of sp³-hybridized carbons (Fsp3) is 0.571. The Balaban J connectivity index is 2.30. The van der Waals surface area contributed by atoms with Crippen molar-refractivity contribution in [1.82, 2.24) is 4.31 Å². The lowest BCUT2D eigenvalue weighted by molar-refractivity contribution is 0.373. The zero-order valence-corrected chi connectivity index (χ0v) is 13.4. The Morgan fingerprint density at radius 3 is 2.55 bits per heavy atom. The van der Waals surface area contributed by atoms with E-state index in [-0.39, 0.29) is 16.0 Å². The highest BCUT2D eigenvalue weighted by Gasteiger charge is 2.38. The molecule has 0 unspecified atom stereocenters. The number of hydrogen-bond acceptors (Lipinski definition) is 3. The van der Waals surface area contributed by atoms with Crippen molar-refractivity contribution in [2.45, 2.75) is 44.0 Å². The Kier molecular flexibility index (Phi) is 4.62. The summed E-state index contributed by atoms with van der Waals surface area (Å²) in [7, 11) is -3.54. The van der Waals surface area contributed by atoms with Gasteiger partial charge in [0.1, 0.15) is 4.90 Å². The molecule has 0 bridgehead atoms. The Morgan fingerprint density at radius 2 is 2.05 bits per heavy atom. The van der Waals surface area contributed by atoms with E-state index in [1.807, 2.05) is 0 Å². The van der Waals surface area contributed by atoms with Crippen LogP contribution in [-0.4, -0.2) is 25.3 Å². The lowest BCUT2D eigenvalue weighted by Gasteiger charge is -2.23. The quantitative estimate of drug-likeness (QED) is 0.820. The third-order valence-corrected chi connectivity index (χ3v) is 5.86. The first kappa shape index (κ1) is 15.6. The molecule has 0 spiro atoms. The summed E-state index contributed by atoms with van der Waals surface area (Å²) in [6.45, 7) is 4.73.